The third-order valence-corrected chi connectivity index (χ3v) is 3.69. The maximum Gasteiger partial charge on any atom is 0.271 e. The van der Waals surface area contributed by atoms with Crippen molar-refractivity contribution in [1.82, 2.24) is 25.1 Å². The Bertz CT molecular complexity index is 658. The van der Waals surface area contributed by atoms with E-state index < -0.39 is 5.60 Å². The van der Waals surface area contributed by atoms with Gasteiger partial charge in [0.05, 0.1) is 6.54 Å². The minimum absolute atomic E-state index is 0.172. The number of nitrogens with one attached hydrogen (secondary N) is 1. The molecule has 1 amide bonds. The minimum Gasteiger partial charge on any atom is -0.386 e. The number of β-amino-alcohol motifs (C(OH)–C–C–N with tert-alkyl or cyclic N) is 1. The molecule has 22 heavy (non-hydrogen) atoms. The molecule has 2 aromatic rings. The molecular weight excluding hydrogens is 284 g/mol. The topological polar surface area (TPSA) is 96.2 Å². The predicted molar refractivity (Wildman–Crippen MR) is 79.4 cm³/mol. The van der Waals surface area contributed by atoms with Crippen LogP contribution in [0.2, 0.25) is 0 Å². The first-order chi connectivity index (χ1) is 10.6. The highest BCUT2D eigenvalue weighted by atomic mass is 16.3. The number of aliphatic hydroxyl groups is 1. The SMILES string of the molecule is Cn1ccc(C(=O)NCC2(O)CCN(c3ncccn3)C2)n1. The van der Waals surface area contributed by atoms with E-state index in [2.05, 4.69) is 20.4 Å². The molecule has 0 spiro atoms. The first-order valence-corrected chi connectivity index (χ1v) is 7.08. The van der Waals surface area contributed by atoms with Gasteiger partial charge in [0.1, 0.15) is 11.3 Å². The number of rotatable bonds is 4. The van der Waals surface area contributed by atoms with Crippen LogP contribution in [0, 0.1) is 0 Å². The van der Waals surface area contributed by atoms with E-state index in [-0.39, 0.29) is 12.5 Å². The van der Waals surface area contributed by atoms with Crippen LogP contribution >= 0.6 is 0 Å². The van der Waals surface area contributed by atoms with E-state index in [1.54, 1.807) is 42.5 Å². The lowest BCUT2D eigenvalue weighted by atomic mass is 10.0. The summed E-state index contributed by atoms with van der Waals surface area (Å²) in [6.07, 6.45) is 5.59. The number of carbonyl (C=O) groups is 1. The van der Waals surface area contributed by atoms with Crippen LogP contribution in [0.4, 0.5) is 5.95 Å². The second-order valence-electron chi connectivity index (χ2n) is 5.50. The molecule has 1 unspecified atom stereocenters. The highest BCUT2D eigenvalue weighted by Crippen LogP contribution is 2.23. The van der Waals surface area contributed by atoms with Crippen molar-refractivity contribution in [3.05, 3.63) is 36.4 Å². The Labute approximate surface area is 127 Å². The molecule has 2 aromatic heterocycles. The highest BCUT2D eigenvalue weighted by Gasteiger charge is 2.37. The van der Waals surface area contributed by atoms with Gasteiger partial charge in [-0.1, -0.05) is 0 Å². The van der Waals surface area contributed by atoms with Crippen LogP contribution in [0.3, 0.4) is 0 Å². The normalized spacial score (nSPS) is 21.1. The van der Waals surface area contributed by atoms with Gasteiger partial charge in [0.2, 0.25) is 5.95 Å². The average Bonchev–Trinajstić information content (AvgIpc) is 3.13. The fraction of sp³-hybridized carbons (Fsp3) is 0.429. The molecule has 1 aliphatic rings. The highest BCUT2D eigenvalue weighted by molar-refractivity contribution is 5.92. The van der Waals surface area contributed by atoms with Crippen molar-refractivity contribution >= 4 is 11.9 Å². The smallest absolute Gasteiger partial charge is 0.271 e. The minimum atomic E-state index is -0.982. The fourth-order valence-electron chi connectivity index (χ4n) is 2.50. The Morgan fingerprint density at radius 2 is 2.23 bits per heavy atom. The van der Waals surface area contributed by atoms with Gasteiger partial charge in [0.25, 0.3) is 5.91 Å². The molecule has 3 rings (SSSR count). The first kappa shape index (κ1) is 14.5. The molecule has 116 valence electrons. The van der Waals surface area contributed by atoms with Gasteiger partial charge >= 0.3 is 0 Å². The van der Waals surface area contributed by atoms with Crippen LogP contribution in [0.5, 0.6) is 0 Å². The third kappa shape index (κ3) is 3.06. The Kier molecular flexibility index (Phi) is 3.76. The van der Waals surface area contributed by atoms with E-state index in [0.29, 0.717) is 31.2 Å². The van der Waals surface area contributed by atoms with Crippen molar-refractivity contribution < 1.29 is 9.90 Å². The number of amides is 1. The Morgan fingerprint density at radius 3 is 2.91 bits per heavy atom. The second-order valence-corrected chi connectivity index (χ2v) is 5.50. The second kappa shape index (κ2) is 5.72. The number of aromatic nitrogens is 4. The van der Waals surface area contributed by atoms with Crippen molar-refractivity contribution in [3.8, 4) is 0 Å². The van der Waals surface area contributed by atoms with Crippen molar-refractivity contribution in [3.63, 3.8) is 0 Å². The van der Waals surface area contributed by atoms with E-state index in [1.165, 1.54) is 0 Å². The quantitative estimate of drug-likeness (QED) is 0.796. The standard InChI is InChI=1S/C14H18N6O2/c1-19-7-3-11(18-19)12(21)17-9-14(22)4-8-20(10-14)13-15-5-2-6-16-13/h2-3,5-7,22H,4,8-10H2,1H3,(H,17,21). The van der Waals surface area contributed by atoms with Crippen LogP contribution in [0.15, 0.2) is 30.7 Å². The molecular formula is C14H18N6O2. The molecule has 1 fully saturated rings. The van der Waals surface area contributed by atoms with Gasteiger partial charge in [-0.05, 0) is 18.6 Å². The van der Waals surface area contributed by atoms with E-state index >= 15 is 0 Å². The maximum atomic E-state index is 12.0. The first-order valence-electron chi connectivity index (χ1n) is 7.08. The maximum absolute atomic E-state index is 12.0. The number of carbonyl (C=O) groups excluding carboxylic acids is 1. The summed E-state index contributed by atoms with van der Waals surface area (Å²) in [5, 5.41) is 17.4. The van der Waals surface area contributed by atoms with Crippen molar-refractivity contribution in [2.24, 2.45) is 7.05 Å². The monoisotopic (exact) mass is 302 g/mol. The summed E-state index contributed by atoms with van der Waals surface area (Å²) < 4.78 is 1.56. The summed E-state index contributed by atoms with van der Waals surface area (Å²) in [6.45, 7) is 1.21. The van der Waals surface area contributed by atoms with Gasteiger partial charge in [-0.25, -0.2) is 9.97 Å². The van der Waals surface area contributed by atoms with Crippen molar-refractivity contribution in [1.29, 1.82) is 0 Å². The number of anilines is 1. The molecule has 0 radical (unpaired) electrons. The predicted octanol–water partition coefficient (Wildman–Crippen LogP) is -0.419. The van der Waals surface area contributed by atoms with Gasteiger partial charge in [-0.15, -0.1) is 0 Å². The summed E-state index contributed by atoms with van der Waals surface area (Å²) in [6, 6.07) is 3.39. The average molecular weight is 302 g/mol. The lowest BCUT2D eigenvalue weighted by Crippen LogP contribution is -2.45. The van der Waals surface area contributed by atoms with E-state index in [0.717, 1.165) is 0 Å². The van der Waals surface area contributed by atoms with Crippen LogP contribution in [0.25, 0.3) is 0 Å². The van der Waals surface area contributed by atoms with Gasteiger partial charge < -0.3 is 15.3 Å². The molecule has 1 aliphatic heterocycles. The number of nitrogens with zero attached hydrogens (tertiary/aromatic N) is 5. The van der Waals surface area contributed by atoms with Gasteiger partial charge in [0.15, 0.2) is 0 Å². The molecule has 8 nitrogen and oxygen atoms in total. The zero-order valence-corrected chi connectivity index (χ0v) is 12.3. The Balaban J connectivity index is 1.58. The third-order valence-electron chi connectivity index (χ3n) is 3.69. The van der Waals surface area contributed by atoms with Gasteiger partial charge in [-0.2, -0.15) is 5.10 Å². The summed E-state index contributed by atoms with van der Waals surface area (Å²) in [7, 11) is 1.75. The molecule has 1 saturated heterocycles. The number of aryl methyl sites for hydroxylation is 1. The van der Waals surface area contributed by atoms with E-state index in [9.17, 15) is 9.90 Å². The van der Waals surface area contributed by atoms with E-state index in [1.807, 2.05) is 4.90 Å². The number of hydrogen-bond acceptors (Lipinski definition) is 6. The molecule has 3 heterocycles. The zero-order chi connectivity index (χ0) is 15.6. The van der Waals surface area contributed by atoms with Crippen LogP contribution in [0.1, 0.15) is 16.9 Å². The zero-order valence-electron chi connectivity index (χ0n) is 12.3. The fourth-order valence-corrected chi connectivity index (χ4v) is 2.50. The number of hydrogen-bond donors (Lipinski definition) is 2. The van der Waals surface area contributed by atoms with Gasteiger partial charge in [0, 0.05) is 38.7 Å². The molecule has 2 N–H and O–H groups in total. The summed E-state index contributed by atoms with van der Waals surface area (Å²) in [5.74, 6) is 0.304. The molecule has 0 bridgehead atoms. The summed E-state index contributed by atoms with van der Waals surface area (Å²) in [4.78, 5) is 22.2. The van der Waals surface area contributed by atoms with Gasteiger partial charge in [-0.3, -0.25) is 9.48 Å². The summed E-state index contributed by atoms with van der Waals surface area (Å²) in [5.41, 5.74) is -0.642. The van der Waals surface area contributed by atoms with Crippen LogP contribution in [-0.2, 0) is 7.05 Å². The molecule has 1 atom stereocenters. The van der Waals surface area contributed by atoms with E-state index in [4.69, 9.17) is 0 Å². The Hall–Kier alpha value is -2.48. The lowest BCUT2D eigenvalue weighted by molar-refractivity contribution is 0.0573. The Morgan fingerprint density at radius 1 is 1.45 bits per heavy atom. The molecule has 8 heteroatoms. The molecule has 0 aromatic carbocycles. The van der Waals surface area contributed by atoms with Crippen LogP contribution < -0.4 is 10.2 Å². The summed E-state index contributed by atoms with van der Waals surface area (Å²) >= 11 is 0. The largest absolute Gasteiger partial charge is 0.386 e. The van der Waals surface area contributed by atoms with Crippen molar-refractivity contribution in [2.75, 3.05) is 24.5 Å². The lowest BCUT2D eigenvalue weighted by Gasteiger charge is -2.23. The van der Waals surface area contributed by atoms with Crippen LogP contribution in [-0.4, -0.2) is 56.0 Å². The molecule has 0 aliphatic carbocycles. The van der Waals surface area contributed by atoms with Crippen molar-refractivity contribution in [2.45, 2.75) is 12.0 Å². The molecule has 0 saturated carbocycles.